The summed E-state index contributed by atoms with van der Waals surface area (Å²) in [5, 5.41) is 15.9. The van der Waals surface area contributed by atoms with Crippen LogP contribution >= 0.6 is 24.0 Å². The fourth-order valence-electron chi connectivity index (χ4n) is 0.716. The number of hydrogen-bond donors (Lipinski definition) is 3. The zero-order valence-corrected chi connectivity index (χ0v) is 8.59. The lowest BCUT2D eigenvalue weighted by Gasteiger charge is -2.21. The Balaban J connectivity index is 2.79. The van der Waals surface area contributed by atoms with Crippen LogP contribution in [0.25, 0.3) is 0 Å². The summed E-state index contributed by atoms with van der Waals surface area (Å²) in [7, 11) is 0. The van der Waals surface area contributed by atoms with Crippen LogP contribution in [0.2, 0.25) is 0 Å². The molecule has 1 atom stereocenters. The predicted octanol–water partition coefficient (Wildman–Crippen LogP) is 1.03. The van der Waals surface area contributed by atoms with Gasteiger partial charge in [-0.15, -0.1) is 24.0 Å². The van der Waals surface area contributed by atoms with Gasteiger partial charge in [0.15, 0.2) is 5.13 Å². The van der Waals surface area contributed by atoms with Crippen LogP contribution in [-0.2, 0) is 4.79 Å². The fourth-order valence-corrected chi connectivity index (χ4v) is 1.56. The first kappa shape index (κ1) is 10.9. The Kier molecular flexibility index (Phi) is 3.42. The van der Waals surface area contributed by atoms with Crippen molar-refractivity contribution in [3.05, 3.63) is 16.5 Å². The number of nitroso groups, excluding NO2 is 1. The molecule has 0 spiro atoms. The highest BCUT2D eigenvalue weighted by Gasteiger charge is 2.35. The van der Waals surface area contributed by atoms with Crippen LogP contribution in [0.3, 0.4) is 0 Å². The molecule has 1 heterocycles. The lowest BCUT2D eigenvalue weighted by atomic mass is 10.3. The van der Waals surface area contributed by atoms with Crippen LogP contribution in [0.5, 0.6) is 0 Å². The van der Waals surface area contributed by atoms with E-state index >= 15 is 0 Å². The van der Waals surface area contributed by atoms with Crippen molar-refractivity contribution in [2.75, 3.05) is 11.9 Å². The molecular weight excluding hydrogens is 226 g/mol. The molecule has 0 aliphatic heterocycles. The minimum atomic E-state index is -1.69. The van der Waals surface area contributed by atoms with Gasteiger partial charge in [-0.05, 0) is 0 Å². The summed E-state index contributed by atoms with van der Waals surface area (Å²) >= 11 is 5.06. The van der Waals surface area contributed by atoms with Crippen molar-refractivity contribution in [2.24, 2.45) is 5.18 Å². The van der Waals surface area contributed by atoms with Crippen molar-refractivity contribution in [2.45, 2.75) is 4.87 Å². The molecule has 2 N–H and O–H groups in total. The second kappa shape index (κ2) is 4.38. The summed E-state index contributed by atoms with van der Waals surface area (Å²) in [4.78, 5) is 22.9. The van der Waals surface area contributed by atoms with E-state index in [1.165, 1.54) is 17.5 Å². The second-order valence-corrected chi connectivity index (χ2v) is 4.07. The average molecular weight is 233 g/mol. The van der Waals surface area contributed by atoms with Gasteiger partial charge in [-0.3, -0.25) is 0 Å². The smallest absolute Gasteiger partial charge is 0.341 e. The SMILES string of the molecule is O=NCC(S)(Nc1nccs1)C(=O)O. The summed E-state index contributed by atoms with van der Waals surface area (Å²) in [6.07, 6.45) is 1.51. The maximum atomic E-state index is 10.8. The number of aliphatic carboxylic acids is 1. The molecule has 1 aromatic heterocycles. The molecule has 1 aromatic rings. The molecule has 14 heavy (non-hydrogen) atoms. The van der Waals surface area contributed by atoms with Gasteiger partial charge >= 0.3 is 5.97 Å². The summed E-state index contributed by atoms with van der Waals surface area (Å²) in [6, 6.07) is 0. The monoisotopic (exact) mass is 233 g/mol. The van der Waals surface area contributed by atoms with Gasteiger partial charge < -0.3 is 10.4 Å². The summed E-state index contributed by atoms with van der Waals surface area (Å²) in [5.74, 6) is -1.27. The largest absolute Gasteiger partial charge is 0.479 e. The van der Waals surface area contributed by atoms with E-state index in [0.717, 1.165) is 0 Å². The quantitative estimate of drug-likeness (QED) is 0.401. The van der Waals surface area contributed by atoms with Crippen molar-refractivity contribution >= 4 is 35.1 Å². The first-order valence-corrected chi connectivity index (χ1v) is 4.84. The Morgan fingerprint density at radius 1 is 1.86 bits per heavy atom. The number of nitrogens with one attached hydrogen (secondary N) is 1. The summed E-state index contributed by atoms with van der Waals surface area (Å²) in [5.41, 5.74) is 0. The lowest BCUT2D eigenvalue weighted by molar-refractivity contribution is -0.138. The van der Waals surface area contributed by atoms with Crippen molar-refractivity contribution in [1.29, 1.82) is 0 Å². The third-order valence-electron chi connectivity index (χ3n) is 1.39. The molecule has 1 unspecified atom stereocenters. The Morgan fingerprint density at radius 3 is 3.00 bits per heavy atom. The topological polar surface area (TPSA) is 91.7 Å². The van der Waals surface area contributed by atoms with Crippen LogP contribution in [-0.4, -0.2) is 27.5 Å². The molecule has 0 aliphatic rings. The summed E-state index contributed by atoms with van der Waals surface area (Å²) in [6.45, 7) is -0.481. The zero-order valence-electron chi connectivity index (χ0n) is 6.88. The van der Waals surface area contributed by atoms with E-state index < -0.39 is 17.4 Å². The van der Waals surface area contributed by atoms with Gasteiger partial charge in [-0.2, -0.15) is 4.91 Å². The molecule has 0 amide bonds. The highest BCUT2D eigenvalue weighted by molar-refractivity contribution is 7.83. The van der Waals surface area contributed by atoms with E-state index in [-0.39, 0.29) is 0 Å². The number of aromatic nitrogens is 1. The number of carboxylic acids is 1. The molecule has 0 aliphatic carbocycles. The summed E-state index contributed by atoms with van der Waals surface area (Å²) < 4.78 is 0. The number of nitrogens with zero attached hydrogens (tertiary/aromatic N) is 2. The highest BCUT2D eigenvalue weighted by atomic mass is 32.1. The van der Waals surface area contributed by atoms with Gasteiger partial charge in [0.1, 0.15) is 6.54 Å². The molecule has 0 saturated heterocycles. The standard InChI is InChI=1S/C6H7N3O3S2/c10-4(11)6(13,3-8-12)9-5-7-1-2-14-5/h1-2,13H,3H2,(H,7,9)(H,10,11). The Morgan fingerprint density at radius 2 is 2.57 bits per heavy atom. The van der Waals surface area contributed by atoms with Gasteiger partial charge in [-0.25, -0.2) is 9.78 Å². The number of rotatable bonds is 5. The molecular formula is C6H7N3O3S2. The molecule has 6 nitrogen and oxygen atoms in total. The number of carbonyl (C=O) groups is 1. The fraction of sp³-hybridized carbons (Fsp3) is 0.333. The van der Waals surface area contributed by atoms with E-state index in [4.69, 9.17) is 5.11 Å². The van der Waals surface area contributed by atoms with Crippen LogP contribution < -0.4 is 5.32 Å². The number of thiazole rings is 1. The molecule has 0 aromatic carbocycles. The van der Waals surface area contributed by atoms with Gasteiger partial charge in [0, 0.05) is 11.6 Å². The van der Waals surface area contributed by atoms with E-state index in [0.29, 0.717) is 5.13 Å². The molecule has 0 saturated carbocycles. The van der Waals surface area contributed by atoms with Crippen molar-refractivity contribution in [3.8, 4) is 0 Å². The van der Waals surface area contributed by atoms with Crippen LogP contribution in [0.1, 0.15) is 0 Å². The molecule has 0 radical (unpaired) electrons. The number of hydrogen-bond acceptors (Lipinski definition) is 7. The third-order valence-corrected chi connectivity index (χ3v) is 2.53. The molecule has 76 valence electrons. The van der Waals surface area contributed by atoms with Crippen molar-refractivity contribution < 1.29 is 9.90 Å². The predicted molar refractivity (Wildman–Crippen MR) is 55.8 cm³/mol. The Hall–Kier alpha value is -1.15. The van der Waals surface area contributed by atoms with Crippen LogP contribution in [0, 0.1) is 4.91 Å². The van der Waals surface area contributed by atoms with Gasteiger partial charge in [0.25, 0.3) is 0 Å². The van der Waals surface area contributed by atoms with E-state index in [1.807, 2.05) is 0 Å². The highest BCUT2D eigenvalue weighted by Crippen LogP contribution is 2.21. The lowest BCUT2D eigenvalue weighted by Crippen LogP contribution is -2.43. The van der Waals surface area contributed by atoms with E-state index in [9.17, 15) is 9.70 Å². The Bertz CT molecular complexity index is 329. The molecule has 0 bridgehead atoms. The maximum Gasteiger partial charge on any atom is 0.341 e. The van der Waals surface area contributed by atoms with Crippen molar-refractivity contribution in [3.63, 3.8) is 0 Å². The third kappa shape index (κ3) is 2.42. The van der Waals surface area contributed by atoms with Gasteiger partial charge in [-0.1, -0.05) is 5.18 Å². The average Bonchev–Trinajstić information content (AvgIpc) is 2.56. The van der Waals surface area contributed by atoms with Crippen LogP contribution in [0.4, 0.5) is 5.13 Å². The maximum absolute atomic E-state index is 10.8. The second-order valence-electron chi connectivity index (χ2n) is 2.41. The number of thiol groups is 1. The van der Waals surface area contributed by atoms with Crippen LogP contribution in [0.15, 0.2) is 16.8 Å². The first-order chi connectivity index (χ1) is 6.58. The first-order valence-electron chi connectivity index (χ1n) is 3.51. The minimum absolute atomic E-state index is 0.381. The number of anilines is 1. The molecule has 1 rings (SSSR count). The molecule has 0 fully saturated rings. The number of carboxylic acid groups (broad SMARTS) is 1. The normalized spacial score (nSPS) is 14.4. The van der Waals surface area contributed by atoms with Gasteiger partial charge in [0.2, 0.25) is 4.87 Å². The minimum Gasteiger partial charge on any atom is -0.479 e. The zero-order chi connectivity index (χ0) is 10.6. The Labute approximate surface area is 88.7 Å². The van der Waals surface area contributed by atoms with E-state index in [1.54, 1.807) is 5.38 Å². The van der Waals surface area contributed by atoms with Crippen molar-refractivity contribution in [1.82, 2.24) is 4.98 Å². The van der Waals surface area contributed by atoms with E-state index in [2.05, 4.69) is 28.1 Å². The molecule has 8 heteroatoms. The van der Waals surface area contributed by atoms with Gasteiger partial charge in [0.05, 0.1) is 0 Å².